The summed E-state index contributed by atoms with van der Waals surface area (Å²) in [6, 6.07) is 10.2. The van der Waals surface area contributed by atoms with E-state index in [0.29, 0.717) is 19.4 Å². The van der Waals surface area contributed by atoms with Crippen molar-refractivity contribution in [1.29, 1.82) is 0 Å². The molecule has 0 spiro atoms. The van der Waals surface area contributed by atoms with Gasteiger partial charge in [0.2, 0.25) is 5.91 Å². The second-order valence-electron chi connectivity index (χ2n) is 8.19. The Kier molecular flexibility index (Phi) is 6.69. The molecule has 7 nitrogen and oxygen atoms in total. The second-order valence-corrected chi connectivity index (χ2v) is 8.19. The minimum atomic E-state index is -1.53. The van der Waals surface area contributed by atoms with Gasteiger partial charge in [0.15, 0.2) is 5.60 Å². The molecule has 0 bridgehead atoms. The number of rotatable bonds is 6. The molecule has 0 aliphatic carbocycles. The minimum Gasteiger partial charge on any atom is -0.379 e. The minimum absolute atomic E-state index is 0.0461. The fourth-order valence-electron chi connectivity index (χ4n) is 4.17. The number of benzene rings is 1. The number of aliphatic hydroxyl groups is 1. The van der Waals surface area contributed by atoms with E-state index in [0.717, 1.165) is 32.5 Å². The zero-order valence-electron chi connectivity index (χ0n) is 16.6. The molecule has 2 saturated heterocycles. The molecule has 3 rings (SSSR count). The summed E-state index contributed by atoms with van der Waals surface area (Å²) in [4.78, 5) is 28.5. The molecule has 2 atom stereocenters. The smallest absolute Gasteiger partial charge is 0.250 e. The van der Waals surface area contributed by atoms with Crippen LogP contribution in [0.1, 0.15) is 38.2 Å². The van der Waals surface area contributed by atoms with Crippen molar-refractivity contribution >= 4 is 11.8 Å². The van der Waals surface area contributed by atoms with Crippen LogP contribution in [0.3, 0.4) is 0 Å². The summed E-state index contributed by atoms with van der Waals surface area (Å²) >= 11 is 0. The molecule has 4 N–H and O–H groups in total. The number of nitrogens with one attached hydrogen (secondary N) is 1. The van der Waals surface area contributed by atoms with Crippen LogP contribution in [0.15, 0.2) is 30.3 Å². The Bertz CT molecular complexity index is 675. The summed E-state index contributed by atoms with van der Waals surface area (Å²) < 4.78 is 0. The molecule has 28 heavy (non-hydrogen) atoms. The molecule has 0 saturated carbocycles. The van der Waals surface area contributed by atoms with Gasteiger partial charge >= 0.3 is 0 Å². The van der Waals surface area contributed by atoms with Crippen LogP contribution in [0.5, 0.6) is 0 Å². The molecule has 0 aromatic heterocycles. The summed E-state index contributed by atoms with van der Waals surface area (Å²) in [5.41, 5.74) is 5.12. The third kappa shape index (κ3) is 5.10. The number of likely N-dealkylation sites (tertiary alicyclic amines) is 2. The van der Waals surface area contributed by atoms with Crippen molar-refractivity contribution < 1.29 is 14.7 Å². The molecular formula is C21H32N4O3. The Morgan fingerprint density at radius 3 is 2.57 bits per heavy atom. The molecule has 7 heteroatoms. The summed E-state index contributed by atoms with van der Waals surface area (Å²) in [5, 5.41) is 13.5. The highest BCUT2D eigenvalue weighted by Crippen LogP contribution is 2.23. The lowest BCUT2D eigenvalue weighted by Gasteiger charge is -2.40. The van der Waals surface area contributed by atoms with E-state index in [1.165, 1.54) is 5.56 Å². The average Bonchev–Trinajstić information content (AvgIpc) is 2.69. The van der Waals surface area contributed by atoms with Crippen LogP contribution >= 0.6 is 0 Å². The van der Waals surface area contributed by atoms with E-state index in [1.54, 1.807) is 0 Å². The van der Waals surface area contributed by atoms with Gasteiger partial charge in [-0.15, -0.1) is 0 Å². The van der Waals surface area contributed by atoms with Crippen molar-refractivity contribution in [2.24, 2.45) is 5.73 Å². The molecule has 2 fully saturated rings. The Labute approximate surface area is 166 Å². The van der Waals surface area contributed by atoms with Crippen molar-refractivity contribution in [1.82, 2.24) is 15.1 Å². The average molecular weight is 389 g/mol. The highest BCUT2D eigenvalue weighted by molar-refractivity contribution is 5.84. The number of hydrogen-bond acceptors (Lipinski definition) is 5. The lowest BCUT2D eigenvalue weighted by molar-refractivity contribution is -0.145. The first kappa shape index (κ1) is 20.8. The van der Waals surface area contributed by atoms with Gasteiger partial charge in [-0.1, -0.05) is 30.3 Å². The fourth-order valence-corrected chi connectivity index (χ4v) is 4.17. The van der Waals surface area contributed by atoms with E-state index in [-0.39, 0.29) is 18.5 Å². The van der Waals surface area contributed by atoms with Crippen LogP contribution in [0.25, 0.3) is 0 Å². The van der Waals surface area contributed by atoms with Crippen LogP contribution in [0, 0.1) is 0 Å². The molecule has 2 aliphatic heterocycles. The quantitative estimate of drug-likeness (QED) is 0.658. The van der Waals surface area contributed by atoms with E-state index in [2.05, 4.69) is 34.5 Å². The molecule has 154 valence electrons. The van der Waals surface area contributed by atoms with E-state index >= 15 is 0 Å². The molecule has 2 amide bonds. The summed E-state index contributed by atoms with van der Waals surface area (Å²) in [6.07, 6.45) is 2.86. The number of hydrogen-bond donors (Lipinski definition) is 3. The van der Waals surface area contributed by atoms with Gasteiger partial charge in [0.25, 0.3) is 5.91 Å². The summed E-state index contributed by atoms with van der Waals surface area (Å²) in [7, 11) is 0. The van der Waals surface area contributed by atoms with Crippen LogP contribution in [-0.2, 0) is 16.1 Å². The van der Waals surface area contributed by atoms with Crippen molar-refractivity contribution in [3.05, 3.63) is 35.9 Å². The number of carbonyl (C=O) groups excluding carboxylic acids is 2. The van der Waals surface area contributed by atoms with Gasteiger partial charge in [-0.3, -0.25) is 19.4 Å². The first-order valence-electron chi connectivity index (χ1n) is 10.2. The van der Waals surface area contributed by atoms with Crippen molar-refractivity contribution in [3.63, 3.8) is 0 Å². The molecule has 2 aliphatic rings. The van der Waals surface area contributed by atoms with Gasteiger partial charge < -0.3 is 16.2 Å². The highest BCUT2D eigenvalue weighted by Gasteiger charge is 2.41. The largest absolute Gasteiger partial charge is 0.379 e. The van der Waals surface area contributed by atoms with E-state index < -0.39 is 17.6 Å². The Hall–Kier alpha value is -1.96. The van der Waals surface area contributed by atoms with Crippen molar-refractivity contribution in [2.45, 2.75) is 56.8 Å². The molecular weight excluding hydrogens is 356 g/mol. The highest BCUT2D eigenvalue weighted by atomic mass is 16.3. The zero-order valence-corrected chi connectivity index (χ0v) is 16.6. The van der Waals surface area contributed by atoms with Gasteiger partial charge in [0.05, 0.1) is 6.04 Å². The number of nitrogens with two attached hydrogens (primary N) is 1. The standard InChI is InChI=1S/C21H32N4O3/c1-16(25-11-5-10-21(28,15-25)20(22)27)19(26)23-18-8-12-24(13-9-18)14-17-6-3-2-4-7-17/h2-4,6-7,16,18,28H,5,8-15H2,1H3,(H2,22,27)(H,23,26). The monoisotopic (exact) mass is 388 g/mol. The van der Waals surface area contributed by atoms with Crippen molar-refractivity contribution in [2.75, 3.05) is 26.2 Å². The van der Waals surface area contributed by atoms with E-state index in [9.17, 15) is 14.7 Å². The van der Waals surface area contributed by atoms with Gasteiger partial charge in [-0.05, 0) is 44.7 Å². The summed E-state index contributed by atoms with van der Waals surface area (Å²) in [5.74, 6) is -0.758. The third-order valence-electron chi connectivity index (χ3n) is 6.07. The Morgan fingerprint density at radius 1 is 1.25 bits per heavy atom. The van der Waals surface area contributed by atoms with Crippen LogP contribution in [0.4, 0.5) is 0 Å². The maximum absolute atomic E-state index is 12.7. The summed E-state index contributed by atoms with van der Waals surface area (Å²) in [6.45, 7) is 5.48. The molecule has 1 aromatic rings. The maximum atomic E-state index is 12.7. The lowest BCUT2D eigenvalue weighted by Crippen LogP contribution is -2.60. The SMILES string of the molecule is CC(C(=O)NC1CCN(Cc2ccccc2)CC1)N1CCCC(O)(C(N)=O)C1. The predicted octanol–water partition coefficient (Wildman–Crippen LogP) is 0.468. The van der Waals surface area contributed by atoms with E-state index in [1.807, 2.05) is 17.9 Å². The van der Waals surface area contributed by atoms with Gasteiger partial charge in [0, 0.05) is 32.2 Å². The molecule has 0 radical (unpaired) electrons. The van der Waals surface area contributed by atoms with Gasteiger partial charge in [0.1, 0.15) is 0 Å². The third-order valence-corrected chi connectivity index (χ3v) is 6.07. The number of primary amides is 1. The number of piperidine rings is 2. The van der Waals surface area contributed by atoms with Crippen molar-refractivity contribution in [3.8, 4) is 0 Å². The second kappa shape index (κ2) is 9.03. The Morgan fingerprint density at radius 2 is 1.93 bits per heavy atom. The van der Waals surface area contributed by atoms with Crippen LogP contribution in [0.2, 0.25) is 0 Å². The first-order valence-corrected chi connectivity index (χ1v) is 10.2. The van der Waals surface area contributed by atoms with Crippen LogP contribution in [-0.4, -0.2) is 70.6 Å². The molecule has 2 heterocycles. The molecule has 2 unspecified atom stereocenters. The number of amides is 2. The number of carbonyl (C=O) groups is 2. The molecule has 1 aromatic carbocycles. The predicted molar refractivity (Wildman–Crippen MR) is 107 cm³/mol. The maximum Gasteiger partial charge on any atom is 0.250 e. The van der Waals surface area contributed by atoms with Gasteiger partial charge in [-0.2, -0.15) is 0 Å². The fraction of sp³-hybridized carbons (Fsp3) is 0.619. The first-order chi connectivity index (χ1) is 13.4. The van der Waals surface area contributed by atoms with E-state index in [4.69, 9.17) is 5.73 Å². The van der Waals surface area contributed by atoms with Crippen LogP contribution < -0.4 is 11.1 Å². The topological polar surface area (TPSA) is 98.9 Å². The number of β-amino-alcohol motifs (C(OH)–C–C–N with tert-alkyl or cyclic N) is 1. The zero-order chi connectivity index (χ0) is 20.1. The number of nitrogens with zero attached hydrogens (tertiary/aromatic N) is 2. The Balaban J connectivity index is 1.45. The van der Waals surface area contributed by atoms with Gasteiger partial charge in [-0.25, -0.2) is 0 Å². The normalized spacial score (nSPS) is 25.9. The lowest BCUT2D eigenvalue weighted by atomic mass is 9.91.